The molecular weight excluding hydrogens is 368 g/mol. The van der Waals surface area contributed by atoms with Crippen LogP contribution in [0.3, 0.4) is 0 Å². The molecule has 1 heterocycles. The lowest BCUT2D eigenvalue weighted by Crippen LogP contribution is -2.54. The van der Waals surface area contributed by atoms with Gasteiger partial charge in [0.25, 0.3) is 5.91 Å². The monoisotopic (exact) mass is 400 g/mol. The summed E-state index contributed by atoms with van der Waals surface area (Å²) >= 11 is 0. The minimum atomic E-state index is -0.813. The number of hydrogen-bond acceptors (Lipinski definition) is 4. The molecule has 0 radical (unpaired) electrons. The predicted molar refractivity (Wildman–Crippen MR) is 105 cm³/mol. The van der Waals surface area contributed by atoms with Gasteiger partial charge in [-0.1, -0.05) is 39.0 Å². The molecule has 154 valence electrons. The zero-order valence-electron chi connectivity index (χ0n) is 16.2. The Morgan fingerprint density at radius 2 is 1.89 bits per heavy atom. The highest BCUT2D eigenvalue weighted by Gasteiger charge is 2.55. The number of nitrogens with one attached hydrogen (secondary N) is 2. The van der Waals surface area contributed by atoms with Gasteiger partial charge >= 0.3 is 6.03 Å². The number of imide groups is 1. The molecular formula is C19H33ClN4O3. The third kappa shape index (κ3) is 4.40. The van der Waals surface area contributed by atoms with E-state index in [-0.39, 0.29) is 42.7 Å². The van der Waals surface area contributed by atoms with Gasteiger partial charge in [0.2, 0.25) is 5.91 Å². The average Bonchev–Trinajstić information content (AvgIpc) is 2.88. The van der Waals surface area contributed by atoms with Crippen LogP contribution < -0.4 is 16.4 Å². The predicted octanol–water partition coefficient (Wildman–Crippen LogP) is 1.93. The number of amides is 4. The fourth-order valence-corrected chi connectivity index (χ4v) is 4.94. The Hall–Kier alpha value is -1.34. The van der Waals surface area contributed by atoms with E-state index in [9.17, 15) is 14.4 Å². The summed E-state index contributed by atoms with van der Waals surface area (Å²) < 4.78 is 0. The maximum Gasteiger partial charge on any atom is 0.325 e. The normalized spacial score (nSPS) is 30.0. The van der Waals surface area contributed by atoms with Crippen LogP contribution in [-0.2, 0) is 9.59 Å². The van der Waals surface area contributed by atoms with E-state index < -0.39 is 11.6 Å². The summed E-state index contributed by atoms with van der Waals surface area (Å²) in [6.45, 7) is 2.17. The lowest BCUT2D eigenvalue weighted by atomic mass is 9.73. The molecule has 3 aliphatic rings. The van der Waals surface area contributed by atoms with Crippen molar-refractivity contribution in [3.05, 3.63) is 0 Å². The Morgan fingerprint density at radius 3 is 2.52 bits per heavy atom. The van der Waals surface area contributed by atoms with Gasteiger partial charge in [-0.3, -0.25) is 14.5 Å². The molecule has 3 unspecified atom stereocenters. The van der Waals surface area contributed by atoms with Crippen LogP contribution in [0.5, 0.6) is 0 Å². The van der Waals surface area contributed by atoms with E-state index in [2.05, 4.69) is 10.6 Å². The number of nitrogens with zero attached hydrogens (tertiary/aromatic N) is 1. The molecule has 2 aliphatic carbocycles. The first-order chi connectivity index (χ1) is 12.5. The fraction of sp³-hybridized carbons (Fsp3) is 0.842. The second-order valence-electron chi connectivity index (χ2n) is 8.25. The van der Waals surface area contributed by atoms with Gasteiger partial charge in [0.05, 0.1) is 0 Å². The molecule has 0 aromatic rings. The Bertz CT molecular complexity index is 567. The van der Waals surface area contributed by atoms with E-state index in [4.69, 9.17) is 5.73 Å². The minimum Gasteiger partial charge on any atom is -0.350 e. The number of carbonyl (C=O) groups excluding carboxylic acids is 3. The Labute approximate surface area is 167 Å². The van der Waals surface area contributed by atoms with Crippen LogP contribution in [0.4, 0.5) is 4.79 Å². The highest BCUT2D eigenvalue weighted by atomic mass is 35.5. The standard InChI is InChI=1S/C19H32N4O3.ClH/c1-13-7-5-6-10-19(13)17(25)23(18(26)22-19)12-16(24)21-15(11-20)14-8-3-2-4-9-14;/h13-15H,2-12,20H2,1H3,(H,21,24)(H,22,26);1H. The molecule has 8 heteroatoms. The summed E-state index contributed by atoms with van der Waals surface area (Å²) in [5.74, 6) is -0.0489. The van der Waals surface area contributed by atoms with Crippen molar-refractivity contribution >= 4 is 30.3 Å². The van der Waals surface area contributed by atoms with Crippen LogP contribution in [0.15, 0.2) is 0 Å². The van der Waals surface area contributed by atoms with E-state index in [1.54, 1.807) is 0 Å². The van der Waals surface area contributed by atoms with Gasteiger partial charge in [-0.05, 0) is 37.5 Å². The minimum absolute atomic E-state index is 0. The first-order valence-electron chi connectivity index (χ1n) is 10.1. The quantitative estimate of drug-likeness (QED) is 0.613. The zero-order valence-corrected chi connectivity index (χ0v) is 17.0. The summed E-state index contributed by atoms with van der Waals surface area (Å²) in [5, 5.41) is 5.86. The van der Waals surface area contributed by atoms with Crippen molar-refractivity contribution in [2.24, 2.45) is 17.6 Å². The van der Waals surface area contributed by atoms with E-state index in [0.717, 1.165) is 37.0 Å². The maximum atomic E-state index is 12.9. The Kier molecular flexibility index (Phi) is 7.51. The SMILES string of the molecule is CC1CCCCC12NC(=O)N(CC(=O)NC(CN)C1CCCCC1)C2=O.Cl. The van der Waals surface area contributed by atoms with Crippen LogP contribution in [0, 0.1) is 11.8 Å². The molecule has 3 rings (SSSR count). The molecule has 3 fully saturated rings. The number of hydrogen-bond donors (Lipinski definition) is 3. The topological polar surface area (TPSA) is 105 Å². The lowest BCUT2D eigenvalue weighted by molar-refractivity contribution is -0.137. The van der Waals surface area contributed by atoms with Crippen molar-refractivity contribution in [2.75, 3.05) is 13.1 Å². The smallest absolute Gasteiger partial charge is 0.325 e. The zero-order chi connectivity index (χ0) is 18.7. The molecule has 7 nitrogen and oxygen atoms in total. The molecule has 4 N–H and O–H groups in total. The summed E-state index contributed by atoms with van der Waals surface area (Å²) in [6.07, 6.45) is 9.31. The maximum absolute atomic E-state index is 12.9. The van der Waals surface area contributed by atoms with Crippen molar-refractivity contribution < 1.29 is 14.4 Å². The highest BCUT2D eigenvalue weighted by Crippen LogP contribution is 2.38. The third-order valence-electron chi connectivity index (χ3n) is 6.62. The van der Waals surface area contributed by atoms with Gasteiger partial charge in [-0.15, -0.1) is 12.4 Å². The van der Waals surface area contributed by atoms with Gasteiger partial charge in [-0.25, -0.2) is 4.79 Å². The van der Waals surface area contributed by atoms with Crippen molar-refractivity contribution in [1.29, 1.82) is 0 Å². The highest BCUT2D eigenvalue weighted by molar-refractivity contribution is 6.09. The molecule has 1 aliphatic heterocycles. The number of carbonyl (C=O) groups is 3. The summed E-state index contributed by atoms with van der Waals surface area (Å²) in [5.41, 5.74) is 5.06. The van der Waals surface area contributed by atoms with E-state index in [0.29, 0.717) is 18.9 Å². The fourth-order valence-electron chi connectivity index (χ4n) is 4.94. The molecule has 0 bridgehead atoms. The van der Waals surface area contributed by atoms with Crippen molar-refractivity contribution in [1.82, 2.24) is 15.5 Å². The first kappa shape index (κ1) is 22.0. The molecule has 27 heavy (non-hydrogen) atoms. The number of rotatable bonds is 5. The molecule has 3 atom stereocenters. The van der Waals surface area contributed by atoms with Crippen LogP contribution >= 0.6 is 12.4 Å². The van der Waals surface area contributed by atoms with Crippen LogP contribution in [-0.4, -0.2) is 47.4 Å². The molecule has 4 amide bonds. The molecule has 1 saturated heterocycles. The number of nitrogens with two attached hydrogens (primary N) is 1. The van der Waals surface area contributed by atoms with E-state index in [1.165, 1.54) is 19.3 Å². The van der Waals surface area contributed by atoms with Gasteiger partial charge in [0.1, 0.15) is 12.1 Å². The van der Waals surface area contributed by atoms with Crippen molar-refractivity contribution in [2.45, 2.75) is 76.3 Å². The van der Waals surface area contributed by atoms with Crippen LogP contribution in [0.2, 0.25) is 0 Å². The lowest BCUT2D eigenvalue weighted by Gasteiger charge is -2.36. The van der Waals surface area contributed by atoms with Gasteiger partial charge in [0, 0.05) is 12.6 Å². The largest absolute Gasteiger partial charge is 0.350 e. The first-order valence-corrected chi connectivity index (χ1v) is 10.1. The Morgan fingerprint density at radius 1 is 1.22 bits per heavy atom. The van der Waals surface area contributed by atoms with Crippen LogP contribution in [0.1, 0.15) is 64.7 Å². The molecule has 2 saturated carbocycles. The van der Waals surface area contributed by atoms with Gasteiger partial charge < -0.3 is 16.4 Å². The van der Waals surface area contributed by atoms with E-state index in [1.807, 2.05) is 6.92 Å². The molecule has 1 spiro atoms. The number of urea groups is 1. The molecule has 0 aromatic carbocycles. The summed E-state index contributed by atoms with van der Waals surface area (Å²) in [6, 6.07) is -0.521. The van der Waals surface area contributed by atoms with Crippen LogP contribution in [0.25, 0.3) is 0 Å². The van der Waals surface area contributed by atoms with Gasteiger partial charge in [0.15, 0.2) is 0 Å². The summed E-state index contributed by atoms with van der Waals surface area (Å²) in [4.78, 5) is 38.9. The second-order valence-corrected chi connectivity index (χ2v) is 8.25. The Balaban J connectivity index is 0.00000261. The third-order valence-corrected chi connectivity index (χ3v) is 6.62. The average molecular weight is 401 g/mol. The van der Waals surface area contributed by atoms with Gasteiger partial charge in [-0.2, -0.15) is 0 Å². The van der Waals surface area contributed by atoms with Crippen molar-refractivity contribution in [3.63, 3.8) is 0 Å². The summed E-state index contributed by atoms with van der Waals surface area (Å²) in [7, 11) is 0. The van der Waals surface area contributed by atoms with Crippen molar-refractivity contribution in [3.8, 4) is 0 Å². The molecule has 0 aromatic heterocycles. The second kappa shape index (κ2) is 9.24. The number of halogens is 1. The van der Waals surface area contributed by atoms with E-state index >= 15 is 0 Å².